The van der Waals surface area contributed by atoms with Crippen molar-refractivity contribution in [1.29, 1.82) is 0 Å². The van der Waals surface area contributed by atoms with E-state index in [-0.39, 0.29) is 6.04 Å². The number of hydrogen-bond acceptors (Lipinski definition) is 2. The lowest BCUT2D eigenvalue weighted by Gasteiger charge is -2.31. The van der Waals surface area contributed by atoms with Crippen LogP contribution in [0.15, 0.2) is 30.3 Å². The van der Waals surface area contributed by atoms with Gasteiger partial charge in [0, 0.05) is 6.04 Å². The molecule has 1 aromatic rings. The largest absolute Gasteiger partial charge is 0.324 e. The minimum absolute atomic E-state index is 0.205. The van der Waals surface area contributed by atoms with Crippen molar-refractivity contribution >= 4 is 0 Å². The zero-order chi connectivity index (χ0) is 9.80. The van der Waals surface area contributed by atoms with Gasteiger partial charge >= 0.3 is 0 Å². The predicted octanol–water partition coefficient (Wildman–Crippen LogP) is 1.78. The van der Waals surface area contributed by atoms with Crippen LogP contribution >= 0.6 is 0 Å². The molecule has 1 atom stereocenters. The Morgan fingerprint density at radius 1 is 1.21 bits per heavy atom. The van der Waals surface area contributed by atoms with Crippen molar-refractivity contribution in [2.45, 2.75) is 18.9 Å². The van der Waals surface area contributed by atoms with Crippen molar-refractivity contribution in [3.63, 3.8) is 0 Å². The van der Waals surface area contributed by atoms with Crippen LogP contribution in [0.3, 0.4) is 0 Å². The molecule has 0 bridgehead atoms. The fraction of sp³-hybridized carbons (Fsp3) is 0.500. The fourth-order valence-corrected chi connectivity index (χ4v) is 1.79. The highest BCUT2D eigenvalue weighted by Crippen LogP contribution is 2.15. The summed E-state index contributed by atoms with van der Waals surface area (Å²) in [6.45, 7) is 3.68. The highest BCUT2D eigenvalue weighted by molar-refractivity contribution is 5.18. The molecule has 14 heavy (non-hydrogen) atoms. The van der Waals surface area contributed by atoms with Crippen LogP contribution in [0.5, 0.6) is 0 Å². The Morgan fingerprint density at radius 3 is 2.50 bits per heavy atom. The molecule has 2 N–H and O–H groups in total. The molecule has 0 aromatic heterocycles. The second kappa shape index (κ2) is 4.58. The average molecular weight is 190 g/mol. The van der Waals surface area contributed by atoms with Gasteiger partial charge in [0.15, 0.2) is 0 Å². The van der Waals surface area contributed by atoms with Crippen LogP contribution in [-0.2, 0) is 0 Å². The van der Waals surface area contributed by atoms with E-state index in [0.717, 1.165) is 13.0 Å². The second-order valence-corrected chi connectivity index (χ2v) is 4.00. The van der Waals surface area contributed by atoms with Gasteiger partial charge in [-0.05, 0) is 38.0 Å². The smallest absolute Gasteiger partial charge is 0.0307 e. The lowest BCUT2D eigenvalue weighted by Crippen LogP contribution is -2.38. The number of likely N-dealkylation sites (tertiary alicyclic amines) is 1. The van der Waals surface area contributed by atoms with Gasteiger partial charge in [-0.25, -0.2) is 0 Å². The van der Waals surface area contributed by atoms with E-state index in [1.54, 1.807) is 0 Å². The first-order valence-electron chi connectivity index (χ1n) is 5.39. The van der Waals surface area contributed by atoms with Gasteiger partial charge in [0.2, 0.25) is 0 Å². The molecule has 1 saturated heterocycles. The molecule has 0 amide bonds. The summed E-state index contributed by atoms with van der Waals surface area (Å²) in [6.07, 6.45) is 2.44. The van der Waals surface area contributed by atoms with Gasteiger partial charge in [-0.2, -0.15) is 0 Å². The van der Waals surface area contributed by atoms with Gasteiger partial charge < -0.3 is 10.6 Å². The predicted molar refractivity (Wildman–Crippen MR) is 59.0 cm³/mol. The van der Waals surface area contributed by atoms with Gasteiger partial charge in [-0.15, -0.1) is 0 Å². The number of rotatable bonds is 4. The van der Waals surface area contributed by atoms with Crippen LogP contribution in [0, 0.1) is 0 Å². The van der Waals surface area contributed by atoms with Gasteiger partial charge in [0.25, 0.3) is 0 Å². The maximum atomic E-state index is 6.10. The monoisotopic (exact) mass is 190 g/mol. The Balaban J connectivity index is 1.80. The Bertz CT molecular complexity index is 267. The van der Waals surface area contributed by atoms with E-state index in [1.165, 1.54) is 25.1 Å². The van der Waals surface area contributed by atoms with E-state index in [0.29, 0.717) is 0 Å². The number of nitrogens with two attached hydrogens (primary N) is 1. The van der Waals surface area contributed by atoms with E-state index in [4.69, 9.17) is 5.73 Å². The first-order chi connectivity index (χ1) is 6.86. The number of hydrogen-bond donors (Lipinski definition) is 1. The Hall–Kier alpha value is -0.860. The van der Waals surface area contributed by atoms with E-state index in [1.807, 2.05) is 6.07 Å². The molecule has 0 radical (unpaired) electrons. The molecule has 2 rings (SSSR count). The quantitative estimate of drug-likeness (QED) is 0.784. The summed E-state index contributed by atoms with van der Waals surface area (Å²) < 4.78 is 0. The summed E-state index contributed by atoms with van der Waals surface area (Å²) in [6, 6.07) is 10.6. The summed E-state index contributed by atoms with van der Waals surface area (Å²) in [5, 5.41) is 0. The summed E-state index contributed by atoms with van der Waals surface area (Å²) in [4.78, 5) is 2.46. The van der Waals surface area contributed by atoms with E-state index in [9.17, 15) is 0 Å². The molecule has 1 aliphatic heterocycles. The fourth-order valence-electron chi connectivity index (χ4n) is 1.79. The molecule has 1 unspecified atom stereocenters. The average Bonchev–Trinajstić information content (AvgIpc) is 2.16. The van der Waals surface area contributed by atoms with E-state index >= 15 is 0 Å². The number of benzene rings is 1. The number of nitrogens with zero attached hydrogens (tertiary/aromatic N) is 1. The Morgan fingerprint density at radius 2 is 1.93 bits per heavy atom. The maximum absolute atomic E-state index is 6.10. The normalized spacial score (nSPS) is 18.9. The first-order valence-corrected chi connectivity index (χ1v) is 5.39. The summed E-state index contributed by atoms with van der Waals surface area (Å²) >= 11 is 0. The van der Waals surface area contributed by atoms with E-state index in [2.05, 4.69) is 29.2 Å². The Kier molecular flexibility index (Phi) is 3.17. The summed E-state index contributed by atoms with van der Waals surface area (Å²) in [5.74, 6) is 0. The highest BCUT2D eigenvalue weighted by atomic mass is 15.2. The Labute approximate surface area is 85.7 Å². The second-order valence-electron chi connectivity index (χ2n) is 4.00. The van der Waals surface area contributed by atoms with Crippen LogP contribution in [0.4, 0.5) is 0 Å². The molecule has 1 aromatic carbocycles. The lowest BCUT2D eigenvalue weighted by atomic mass is 10.0. The van der Waals surface area contributed by atoms with Crippen molar-refractivity contribution in [3.05, 3.63) is 35.9 Å². The van der Waals surface area contributed by atoms with E-state index < -0.39 is 0 Å². The van der Waals surface area contributed by atoms with Crippen LogP contribution in [0.1, 0.15) is 24.4 Å². The van der Waals surface area contributed by atoms with Crippen molar-refractivity contribution < 1.29 is 0 Å². The molecule has 0 aliphatic carbocycles. The van der Waals surface area contributed by atoms with Crippen molar-refractivity contribution in [2.24, 2.45) is 5.73 Å². The first kappa shape index (κ1) is 9.69. The summed E-state index contributed by atoms with van der Waals surface area (Å²) in [5.41, 5.74) is 7.35. The van der Waals surface area contributed by atoms with Crippen molar-refractivity contribution in [2.75, 3.05) is 19.6 Å². The third-order valence-corrected chi connectivity index (χ3v) is 2.93. The molecular weight excluding hydrogens is 172 g/mol. The lowest BCUT2D eigenvalue weighted by molar-refractivity contribution is 0.175. The molecule has 1 aliphatic rings. The molecule has 2 heteroatoms. The minimum atomic E-state index is 0.205. The zero-order valence-corrected chi connectivity index (χ0v) is 8.52. The summed E-state index contributed by atoms with van der Waals surface area (Å²) in [7, 11) is 0. The zero-order valence-electron chi connectivity index (χ0n) is 8.52. The standard InChI is InChI=1S/C12H18N2/c13-12(7-10-14-8-4-9-14)11-5-2-1-3-6-11/h1-3,5-6,12H,4,7-10,13H2. The van der Waals surface area contributed by atoms with Gasteiger partial charge in [-0.3, -0.25) is 0 Å². The molecule has 0 saturated carbocycles. The third kappa shape index (κ3) is 2.34. The molecule has 76 valence electrons. The molecular formula is C12H18N2. The highest BCUT2D eigenvalue weighted by Gasteiger charge is 2.14. The topological polar surface area (TPSA) is 29.3 Å². The SMILES string of the molecule is NC(CCN1CCC1)c1ccccc1. The van der Waals surface area contributed by atoms with Gasteiger partial charge in [0.05, 0.1) is 0 Å². The molecule has 1 heterocycles. The van der Waals surface area contributed by atoms with Crippen molar-refractivity contribution in [1.82, 2.24) is 4.90 Å². The molecule has 2 nitrogen and oxygen atoms in total. The van der Waals surface area contributed by atoms with Crippen LogP contribution in [0.25, 0.3) is 0 Å². The molecule has 0 spiro atoms. The maximum Gasteiger partial charge on any atom is 0.0307 e. The third-order valence-electron chi connectivity index (χ3n) is 2.93. The van der Waals surface area contributed by atoms with Crippen molar-refractivity contribution in [3.8, 4) is 0 Å². The minimum Gasteiger partial charge on any atom is -0.324 e. The van der Waals surface area contributed by atoms with Crippen LogP contribution in [-0.4, -0.2) is 24.5 Å². The van der Waals surface area contributed by atoms with Crippen LogP contribution < -0.4 is 5.73 Å². The van der Waals surface area contributed by atoms with Gasteiger partial charge in [0.1, 0.15) is 0 Å². The van der Waals surface area contributed by atoms with Crippen LogP contribution in [0.2, 0.25) is 0 Å². The van der Waals surface area contributed by atoms with Gasteiger partial charge in [-0.1, -0.05) is 30.3 Å². The molecule has 1 fully saturated rings.